The summed E-state index contributed by atoms with van der Waals surface area (Å²) in [7, 11) is 0. The molecule has 1 amide bonds. The largest absolute Gasteiger partial charge is 0.346 e. The van der Waals surface area contributed by atoms with E-state index in [1.165, 1.54) is 18.2 Å². The first-order chi connectivity index (χ1) is 9.47. The van der Waals surface area contributed by atoms with E-state index in [2.05, 4.69) is 5.32 Å². The lowest BCUT2D eigenvalue weighted by Gasteiger charge is -2.14. The number of amides is 1. The van der Waals surface area contributed by atoms with Crippen LogP contribution in [-0.2, 0) is 0 Å². The van der Waals surface area contributed by atoms with Crippen LogP contribution in [0.2, 0.25) is 10.0 Å². The normalized spacial score (nSPS) is 12.0. The van der Waals surface area contributed by atoms with Crippen LogP contribution in [0, 0.1) is 5.82 Å². The smallest absolute Gasteiger partial charge is 0.251 e. The van der Waals surface area contributed by atoms with Crippen LogP contribution < -0.4 is 5.32 Å². The first kappa shape index (κ1) is 14.8. The summed E-state index contributed by atoms with van der Waals surface area (Å²) in [5.74, 6) is -0.572. The fraction of sp³-hybridized carbons (Fsp3) is 0.133. The molecule has 0 fully saturated rings. The quantitative estimate of drug-likeness (QED) is 0.880. The van der Waals surface area contributed by atoms with Gasteiger partial charge in [-0.25, -0.2) is 4.39 Å². The Kier molecular flexibility index (Phi) is 4.63. The van der Waals surface area contributed by atoms with Gasteiger partial charge in [-0.1, -0.05) is 35.3 Å². The maximum absolute atomic E-state index is 12.8. The summed E-state index contributed by atoms with van der Waals surface area (Å²) in [4.78, 5) is 12.1. The highest BCUT2D eigenvalue weighted by Gasteiger charge is 2.12. The number of carbonyl (C=O) groups is 1. The second kappa shape index (κ2) is 6.25. The van der Waals surface area contributed by atoms with Gasteiger partial charge in [0.2, 0.25) is 0 Å². The van der Waals surface area contributed by atoms with Crippen LogP contribution in [0.5, 0.6) is 0 Å². The van der Waals surface area contributed by atoms with Crippen LogP contribution in [0.3, 0.4) is 0 Å². The Morgan fingerprint density at radius 3 is 2.35 bits per heavy atom. The summed E-state index contributed by atoms with van der Waals surface area (Å²) < 4.78 is 12.8. The minimum absolute atomic E-state index is 0.238. The molecular weight excluding hydrogens is 300 g/mol. The molecule has 0 saturated heterocycles. The lowest BCUT2D eigenvalue weighted by atomic mass is 10.1. The molecule has 1 atom stereocenters. The van der Waals surface area contributed by atoms with Crippen molar-refractivity contribution in [3.63, 3.8) is 0 Å². The van der Waals surface area contributed by atoms with Crippen molar-refractivity contribution >= 4 is 29.1 Å². The van der Waals surface area contributed by atoms with Gasteiger partial charge in [0, 0.05) is 5.56 Å². The highest BCUT2D eigenvalue weighted by atomic mass is 35.5. The number of hydrogen-bond acceptors (Lipinski definition) is 1. The van der Waals surface area contributed by atoms with Gasteiger partial charge in [0.15, 0.2) is 0 Å². The van der Waals surface area contributed by atoms with E-state index in [4.69, 9.17) is 23.2 Å². The standard InChI is InChI=1S/C15H12Cl2FNO/c1-9(10-2-5-12(18)6-3-10)19-15(20)11-4-7-13(16)14(17)8-11/h2-9H,1H3,(H,19,20)/t9-/m1/s1. The van der Waals surface area contributed by atoms with Crippen molar-refractivity contribution in [1.29, 1.82) is 0 Å². The van der Waals surface area contributed by atoms with E-state index >= 15 is 0 Å². The molecule has 0 aromatic heterocycles. The lowest BCUT2D eigenvalue weighted by molar-refractivity contribution is 0.0940. The molecule has 1 N–H and O–H groups in total. The number of benzene rings is 2. The van der Waals surface area contributed by atoms with Crippen molar-refractivity contribution in [2.45, 2.75) is 13.0 Å². The van der Waals surface area contributed by atoms with E-state index in [0.717, 1.165) is 5.56 Å². The molecule has 0 aliphatic rings. The van der Waals surface area contributed by atoms with E-state index in [9.17, 15) is 9.18 Å². The zero-order valence-electron chi connectivity index (χ0n) is 10.7. The summed E-state index contributed by atoms with van der Waals surface area (Å²) in [5, 5.41) is 3.54. The van der Waals surface area contributed by atoms with Gasteiger partial charge in [0.05, 0.1) is 16.1 Å². The van der Waals surface area contributed by atoms with Crippen molar-refractivity contribution in [2.75, 3.05) is 0 Å². The van der Waals surface area contributed by atoms with E-state index in [-0.39, 0.29) is 17.8 Å². The highest BCUT2D eigenvalue weighted by Crippen LogP contribution is 2.23. The Balaban J connectivity index is 2.10. The van der Waals surface area contributed by atoms with Gasteiger partial charge in [-0.15, -0.1) is 0 Å². The van der Waals surface area contributed by atoms with Gasteiger partial charge < -0.3 is 5.32 Å². The molecule has 0 unspecified atom stereocenters. The molecule has 0 bridgehead atoms. The average molecular weight is 312 g/mol. The molecule has 0 saturated carbocycles. The zero-order chi connectivity index (χ0) is 14.7. The fourth-order valence-corrected chi connectivity index (χ4v) is 2.05. The second-order valence-electron chi connectivity index (χ2n) is 4.38. The Bertz CT molecular complexity index is 628. The average Bonchev–Trinajstić information content (AvgIpc) is 2.42. The van der Waals surface area contributed by atoms with Crippen LogP contribution in [0.25, 0.3) is 0 Å². The fourth-order valence-electron chi connectivity index (χ4n) is 1.75. The van der Waals surface area contributed by atoms with Gasteiger partial charge in [0.1, 0.15) is 5.82 Å². The van der Waals surface area contributed by atoms with E-state index in [1.807, 2.05) is 6.92 Å². The molecule has 104 valence electrons. The summed E-state index contributed by atoms with van der Waals surface area (Å²) in [6.45, 7) is 1.82. The van der Waals surface area contributed by atoms with Crippen molar-refractivity contribution < 1.29 is 9.18 Å². The van der Waals surface area contributed by atoms with E-state index in [1.54, 1.807) is 24.3 Å². The van der Waals surface area contributed by atoms with E-state index < -0.39 is 0 Å². The summed E-state index contributed by atoms with van der Waals surface area (Å²) in [6.07, 6.45) is 0. The van der Waals surface area contributed by atoms with Gasteiger partial charge in [-0.2, -0.15) is 0 Å². The molecule has 0 aliphatic heterocycles. The van der Waals surface area contributed by atoms with Crippen molar-refractivity contribution in [3.05, 3.63) is 69.5 Å². The molecule has 5 heteroatoms. The first-order valence-corrected chi connectivity index (χ1v) is 6.74. The van der Waals surface area contributed by atoms with Crippen molar-refractivity contribution in [1.82, 2.24) is 5.32 Å². The predicted octanol–water partition coefficient (Wildman–Crippen LogP) is 4.62. The van der Waals surface area contributed by atoms with Crippen molar-refractivity contribution in [3.8, 4) is 0 Å². The molecule has 2 aromatic carbocycles. The van der Waals surface area contributed by atoms with Gasteiger partial charge in [0.25, 0.3) is 5.91 Å². The van der Waals surface area contributed by atoms with Crippen molar-refractivity contribution in [2.24, 2.45) is 0 Å². The number of rotatable bonds is 3. The van der Waals surface area contributed by atoms with E-state index in [0.29, 0.717) is 15.6 Å². The third-order valence-electron chi connectivity index (χ3n) is 2.90. The Morgan fingerprint density at radius 1 is 1.10 bits per heavy atom. The molecule has 2 aromatic rings. The minimum atomic E-state index is -0.309. The monoisotopic (exact) mass is 311 g/mol. The first-order valence-electron chi connectivity index (χ1n) is 5.99. The lowest BCUT2D eigenvalue weighted by Crippen LogP contribution is -2.26. The van der Waals surface area contributed by atoms with Gasteiger partial charge >= 0.3 is 0 Å². The van der Waals surface area contributed by atoms with Crippen LogP contribution >= 0.6 is 23.2 Å². The van der Waals surface area contributed by atoms with Crippen LogP contribution in [-0.4, -0.2) is 5.91 Å². The van der Waals surface area contributed by atoms with Gasteiger partial charge in [-0.3, -0.25) is 4.79 Å². The van der Waals surface area contributed by atoms with Crippen LogP contribution in [0.4, 0.5) is 4.39 Å². The molecule has 20 heavy (non-hydrogen) atoms. The number of carbonyl (C=O) groups excluding carboxylic acids is 1. The SMILES string of the molecule is C[C@@H](NC(=O)c1ccc(Cl)c(Cl)c1)c1ccc(F)cc1. The maximum Gasteiger partial charge on any atom is 0.251 e. The van der Waals surface area contributed by atoms with Crippen LogP contribution in [0.15, 0.2) is 42.5 Å². The summed E-state index contributed by atoms with van der Waals surface area (Å²) >= 11 is 11.7. The van der Waals surface area contributed by atoms with Gasteiger partial charge in [-0.05, 0) is 42.8 Å². The third kappa shape index (κ3) is 3.50. The highest BCUT2D eigenvalue weighted by molar-refractivity contribution is 6.42. The topological polar surface area (TPSA) is 29.1 Å². The number of halogens is 3. The summed E-state index contributed by atoms with van der Waals surface area (Å²) in [6, 6.07) is 10.4. The number of hydrogen-bond donors (Lipinski definition) is 1. The summed E-state index contributed by atoms with van der Waals surface area (Å²) in [5.41, 5.74) is 1.24. The molecule has 0 radical (unpaired) electrons. The Morgan fingerprint density at radius 2 is 1.75 bits per heavy atom. The Labute approximate surface area is 126 Å². The number of nitrogens with one attached hydrogen (secondary N) is 1. The second-order valence-corrected chi connectivity index (χ2v) is 5.19. The molecule has 2 nitrogen and oxygen atoms in total. The molecule has 0 spiro atoms. The maximum atomic E-state index is 12.8. The van der Waals surface area contributed by atoms with Crippen LogP contribution in [0.1, 0.15) is 28.9 Å². The molecule has 0 aliphatic carbocycles. The molecular formula is C15H12Cl2FNO. The zero-order valence-corrected chi connectivity index (χ0v) is 12.2. The molecule has 2 rings (SSSR count). The minimum Gasteiger partial charge on any atom is -0.346 e. The third-order valence-corrected chi connectivity index (χ3v) is 3.64. The molecule has 0 heterocycles. The predicted molar refractivity (Wildman–Crippen MR) is 78.7 cm³/mol. The Hall–Kier alpha value is -1.58.